The number of carbonyl (C=O) groups is 2. The van der Waals surface area contributed by atoms with E-state index in [0.717, 1.165) is 44.5 Å². The second-order valence-electron chi connectivity index (χ2n) is 7.16. The fourth-order valence-corrected chi connectivity index (χ4v) is 5.27. The second-order valence-corrected chi connectivity index (χ2v) is 9.05. The summed E-state index contributed by atoms with van der Waals surface area (Å²) in [4.78, 5) is 28.7. The molecule has 0 atom stereocenters. The van der Waals surface area contributed by atoms with Crippen molar-refractivity contribution in [1.29, 1.82) is 0 Å². The smallest absolute Gasteiger partial charge is 0.317 e. The molecular formula is C20H28ClN3O3S. The van der Waals surface area contributed by atoms with Gasteiger partial charge in [0.1, 0.15) is 5.75 Å². The first-order valence-corrected chi connectivity index (χ1v) is 11.3. The Bertz CT molecular complexity index is 678. The Labute approximate surface area is 175 Å². The molecule has 1 spiro atoms. The Morgan fingerprint density at radius 1 is 1.21 bits per heavy atom. The number of thioether (sulfide) groups is 1. The highest BCUT2D eigenvalue weighted by Crippen LogP contribution is 2.43. The third-order valence-electron chi connectivity index (χ3n) is 5.29. The molecule has 0 unspecified atom stereocenters. The minimum absolute atomic E-state index is 0.000738. The number of nitrogens with zero attached hydrogens (tertiary/aromatic N) is 2. The average Bonchev–Trinajstić information content (AvgIpc) is 3.11. The fourth-order valence-electron chi connectivity index (χ4n) is 3.67. The first kappa shape index (κ1) is 21.1. The lowest BCUT2D eigenvalue weighted by Crippen LogP contribution is -2.55. The summed E-state index contributed by atoms with van der Waals surface area (Å²) < 4.78 is 5.65. The predicted molar refractivity (Wildman–Crippen MR) is 113 cm³/mol. The number of ether oxygens (including phenoxy) is 1. The van der Waals surface area contributed by atoms with E-state index in [-0.39, 0.29) is 23.4 Å². The standard InChI is InChI=1S/C20H28ClN3O3S/c1-2-3-10-22-19(26)23-11-8-20(9-12-23)24(13-14-28-20)18(25)15-27-17-6-4-16(21)5-7-17/h4-7H,2-3,8-15H2,1H3,(H,22,26). The van der Waals surface area contributed by atoms with Crippen LogP contribution in [0, 0.1) is 0 Å². The van der Waals surface area contributed by atoms with E-state index in [9.17, 15) is 9.59 Å². The van der Waals surface area contributed by atoms with Gasteiger partial charge in [-0.3, -0.25) is 4.79 Å². The third kappa shape index (κ3) is 5.06. The van der Waals surface area contributed by atoms with Gasteiger partial charge in [0.25, 0.3) is 5.91 Å². The maximum Gasteiger partial charge on any atom is 0.317 e. The predicted octanol–water partition coefficient (Wildman–Crippen LogP) is 3.60. The van der Waals surface area contributed by atoms with Gasteiger partial charge in [0.2, 0.25) is 0 Å². The van der Waals surface area contributed by atoms with E-state index in [1.807, 2.05) is 21.6 Å². The van der Waals surface area contributed by atoms with Crippen molar-refractivity contribution < 1.29 is 14.3 Å². The molecule has 2 saturated heterocycles. The molecule has 2 aliphatic rings. The Morgan fingerprint density at radius 3 is 2.61 bits per heavy atom. The molecule has 1 N–H and O–H groups in total. The molecule has 3 rings (SSSR count). The lowest BCUT2D eigenvalue weighted by Gasteiger charge is -2.44. The van der Waals surface area contributed by atoms with E-state index < -0.39 is 0 Å². The van der Waals surface area contributed by atoms with Crippen LogP contribution in [-0.2, 0) is 4.79 Å². The summed E-state index contributed by atoms with van der Waals surface area (Å²) in [7, 11) is 0. The van der Waals surface area contributed by atoms with Crippen LogP contribution in [-0.4, -0.2) is 65.1 Å². The van der Waals surface area contributed by atoms with Crippen LogP contribution in [0.4, 0.5) is 4.79 Å². The van der Waals surface area contributed by atoms with Gasteiger partial charge < -0.3 is 19.9 Å². The minimum atomic E-state index is -0.208. The van der Waals surface area contributed by atoms with Crippen LogP contribution >= 0.6 is 23.4 Å². The number of rotatable bonds is 6. The van der Waals surface area contributed by atoms with E-state index in [0.29, 0.717) is 23.9 Å². The number of amides is 3. The van der Waals surface area contributed by atoms with Gasteiger partial charge in [-0.1, -0.05) is 24.9 Å². The van der Waals surface area contributed by atoms with Gasteiger partial charge in [-0.15, -0.1) is 11.8 Å². The molecule has 0 aromatic heterocycles. The summed E-state index contributed by atoms with van der Waals surface area (Å²) in [5.41, 5.74) is 0. The summed E-state index contributed by atoms with van der Waals surface area (Å²) >= 11 is 7.71. The number of unbranched alkanes of at least 4 members (excludes halogenated alkanes) is 1. The number of halogens is 1. The number of nitrogens with one attached hydrogen (secondary N) is 1. The number of benzene rings is 1. The zero-order chi connectivity index (χ0) is 20.0. The lowest BCUT2D eigenvalue weighted by molar-refractivity contribution is -0.136. The van der Waals surface area contributed by atoms with Crippen LogP contribution in [0.15, 0.2) is 24.3 Å². The van der Waals surface area contributed by atoms with Gasteiger partial charge in [0.15, 0.2) is 6.61 Å². The molecule has 2 fully saturated rings. The molecule has 2 heterocycles. The van der Waals surface area contributed by atoms with E-state index in [4.69, 9.17) is 16.3 Å². The largest absolute Gasteiger partial charge is 0.484 e. The van der Waals surface area contributed by atoms with E-state index >= 15 is 0 Å². The Morgan fingerprint density at radius 2 is 1.93 bits per heavy atom. The summed E-state index contributed by atoms with van der Waals surface area (Å²) in [6.45, 7) is 4.93. The van der Waals surface area contributed by atoms with Gasteiger partial charge in [-0.05, 0) is 43.5 Å². The highest BCUT2D eigenvalue weighted by Gasteiger charge is 2.46. The molecular weight excluding hydrogens is 398 g/mol. The second kappa shape index (κ2) is 9.74. The highest BCUT2D eigenvalue weighted by molar-refractivity contribution is 8.00. The average molecular weight is 426 g/mol. The maximum absolute atomic E-state index is 12.8. The Balaban J connectivity index is 1.51. The van der Waals surface area contributed by atoms with Gasteiger partial charge in [-0.2, -0.15) is 0 Å². The summed E-state index contributed by atoms with van der Waals surface area (Å²) in [6.07, 6.45) is 3.65. The lowest BCUT2D eigenvalue weighted by atomic mass is 10.0. The van der Waals surface area contributed by atoms with Crippen molar-refractivity contribution in [1.82, 2.24) is 15.1 Å². The first-order chi connectivity index (χ1) is 13.5. The van der Waals surface area contributed by atoms with Gasteiger partial charge >= 0.3 is 6.03 Å². The maximum atomic E-state index is 12.8. The van der Waals surface area contributed by atoms with Crippen molar-refractivity contribution in [3.05, 3.63) is 29.3 Å². The number of hydrogen-bond donors (Lipinski definition) is 1. The Kier molecular flexibility index (Phi) is 7.35. The van der Waals surface area contributed by atoms with Crippen LogP contribution in [0.5, 0.6) is 5.75 Å². The number of hydrogen-bond acceptors (Lipinski definition) is 4. The molecule has 0 bridgehead atoms. The molecule has 0 aliphatic carbocycles. The number of likely N-dealkylation sites (tertiary alicyclic amines) is 1. The van der Waals surface area contributed by atoms with Gasteiger partial charge in [0.05, 0.1) is 4.87 Å². The van der Waals surface area contributed by atoms with Crippen molar-refractivity contribution in [2.45, 2.75) is 37.5 Å². The van der Waals surface area contributed by atoms with Crippen LogP contribution in [0.3, 0.4) is 0 Å². The zero-order valence-electron chi connectivity index (χ0n) is 16.3. The summed E-state index contributed by atoms with van der Waals surface area (Å²) in [5.74, 6) is 1.56. The molecule has 0 saturated carbocycles. The Hall–Kier alpha value is -1.60. The molecule has 0 radical (unpaired) electrons. The molecule has 6 nitrogen and oxygen atoms in total. The van der Waals surface area contributed by atoms with Gasteiger partial charge in [0, 0.05) is 37.0 Å². The topological polar surface area (TPSA) is 61.9 Å². The van der Waals surface area contributed by atoms with Crippen molar-refractivity contribution in [3.8, 4) is 5.75 Å². The monoisotopic (exact) mass is 425 g/mol. The van der Waals surface area contributed by atoms with E-state index in [2.05, 4.69) is 12.2 Å². The molecule has 28 heavy (non-hydrogen) atoms. The van der Waals surface area contributed by atoms with E-state index in [1.165, 1.54) is 0 Å². The number of carbonyl (C=O) groups excluding carboxylic acids is 2. The highest BCUT2D eigenvalue weighted by atomic mass is 35.5. The molecule has 1 aromatic rings. The third-order valence-corrected chi connectivity index (χ3v) is 7.10. The number of piperidine rings is 1. The van der Waals surface area contributed by atoms with E-state index in [1.54, 1.807) is 24.3 Å². The molecule has 3 amide bonds. The van der Waals surface area contributed by atoms with Crippen LogP contribution in [0.2, 0.25) is 5.02 Å². The van der Waals surface area contributed by atoms with Crippen molar-refractivity contribution >= 4 is 35.3 Å². The summed E-state index contributed by atoms with van der Waals surface area (Å²) in [6, 6.07) is 7.03. The molecule has 2 aliphatic heterocycles. The van der Waals surface area contributed by atoms with Crippen LogP contribution in [0.1, 0.15) is 32.6 Å². The summed E-state index contributed by atoms with van der Waals surface area (Å²) in [5, 5.41) is 3.62. The van der Waals surface area contributed by atoms with Crippen molar-refractivity contribution in [3.63, 3.8) is 0 Å². The fraction of sp³-hybridized carbons (Fsp3) is 0.600. The number of urea groups is 1. The van der Waals surface area contributed by atoms with Gasteiger partial charge in [-0.25, -0.2) is 4.79 Å². The minimum Gasteiger partial charge on any atom is -0.484 e. The quantitative estimate of drug-likeness (QED) is 0.707. The van der Waals surface area contributed by atoms with Crippen molar-refractivity contribution in [2.24, 2.45) is 0 Å². The molecule has 8 heteroatoms. The first-order valence-electron chi connectivity index (χ1n) is 9.90. The molecule has 154 valence electrons. The van der Waals surface area contributed by atoms with Crippen LogP contribution < -0.4 is 10.1 Å². The van der Waals surface area contributed by atoms with Crippen molar-refractivity contribution in [2.75, 3.05) is 38.5 Å². The SMILES string of the molecule is CCCCNC(=O)N1CCC2(CC1)SCCN2C(=O)COc1ccc(Cl)cc1. The molecule has 1 aromatic carbocycles. The van der Waals surface area contributed by atoms with Crippen LogP contribution in [0.25, 0.3) is 0 Å². The normalized spacial score (nSPS) is 18.4. The zero-order valence-corrected chi connectivity index (χ0v) is 17.9.